The van der Waals surface area contributed by atoms with Crippen molar-refractivity contribution in [3.63, 3.8) is 0 Å². The first-order valence-corrected chi connectivity index (χ1v) is 21.0. The molecule has 10 nitrogen and oxygen atoms in total. The van der Waals surface area contributed by atoms with E-state index in [2.05, 4.69) is 51.0 Å². The number of aromatic amines is 1. The van der Waals surface area contributed by atoms with Crippen molar-refractivity contribution >= 4 is 8.32 Å². The van der Waals surface area contributed by atoms with Crippen LogP contribution in [-0.4, -0.2) is 58.0 Å². The van der Waals surface area contributed by atoms with Crippen LogP contribution in [0, 0.1) is 0 Å². The van der Waals surface area contributed by atoms with Crippen LogP contribution in [-0.2, 0) is 19.5 Å². The molecule has 1 N–H and O–H groups in total. The van der Waals surface area contributed by atoms with E-state index in [4.69, 9.17) is 28.1 Å². The van der Waals surface area contributed by atoms with E-state index in [0.717, 1.165) is 28.2 Å². The lowest BCUT2D eigenvalue weighted by atomic mass is 9.80. The average molecular weight is 751 g/mol. The minimum Gasteiger partial charge on any atom is -0.497 e. The minimum absolute atomic E-state index is 0.110. The van der Waals surface area contributed by atoms with Crippen molar-refractivity contribution in [1.82, 2.24) is 9.55 Å². The second-order valence-corrected chi connectivity index (χ2v) is 19.8. The molecule has 11 heteroatoms. The summed E-state index contributed by atoms with van der Waals surface area (Å²) in [5.74, 6) is 2.11. The van der Waals surface area contributed by atoms with Gasteiger partial charge in [0, 0.05) is 12.6 Å². The molecule has 1 saturated heterocycles. The standard InChI is InChI=1S/C43H50N2O8Si/c1-42(2,3)54(7,8)53-38-26-36(52-40(38)45-27-37(39(46)44-41(45)47)29-14-20-33(48-4)21-15-29)28-51-43(30-12-10-9-11-13-30,31-16-22-34(49-5)23-17-31)32-18-24-35(50-6)25-19-32/h9-25,27,36,38,40H,26,28H2,1-8H3,(H,44,46,47)/t36-,38-,40-/m1/s1. The third-order valence-electron chi connectivity index (χ3n) is 10.7. The van der Waals surface area contributed by atoms with Gasteiger partial charge in [-0.25, -0.2) is 4.79 Å². The smallest absolute Gasteiger partial charge is 0.330 e. The zero-order valence-corrected chi connectivity index (χ0v) is 33.3. The van der Waals surface area contributed by atoms with Crippen LogP contribution in [0.25, 0.3) is 11.1 Å². The highest BCUT2D eigenvalue weighted by molar-refractivity contribution is 6.74. The van der Waals surface area contributed by atoms with E-state index in [1.54, 1.807) is 51.8 Å². The van der Waals surface area contributed by atoms with E-state index in [1.807, 2.05) is 66.7 Å². The van der Waals surface area contributed by atoms with Gasteiger partial charge in [-0.2, -0.15) is 0 Å². The van der Waals surface area contributed by atoms with Gasteiger partial charge in [0.2, 0.25) is 0 Å². The molecule has 1 aliphatic rings. The van der Waals surface area contributed by atoms with E-state index in [9.17, 15) is 9.59 Å². The van der Waals surface area contributed by atoms with E-state index >= 15 is 0 Å². The maximum Gasteiger partial charge on any atom is 0.330 e. The second-order valence-electron chi connectivity index (χ2n) is 15.1. The van der Waals surface area contributed by atoms with Gasteiger partial charge < -0.3 is 28.1 Å². The highest BCUT2D eigenvalue weighted by Crippen LogP contribution is 2.45. The largest absolute Gasteiger partial charge is 0.497 e. The summed E-state index contributed by atoms with van der Waals surface area (Å²) in [5.41, 5.74) is 1.54. The molecule has 0 aliphatic carbocycles. The normalized spacial score (nSPS) is 17.7. The quantitative estimate of drug-likeness (QED) is 0.0956. The first-order valence-electron chi connectivity index (χ1n) is 18.1. The summed E-state index contributed by atoms with van der Waals surface area (Å²) in [7, 11) is 2.50. The second kappa shape index (κ2) is 15.8. The molecule has 284 valence electrons. The zero-order valence-electron chi connectivity index (χ0n) is 32.3. The average Bonchev–Trinajstić information content (AvgIpc) is 3.56. The van der Waals surface area contributed by atoms with Gasteiger partial charge in [-0.05, 0) is 76.8 Å². The van der Waals surface area contributed by atoms with Crippen LogP contribution < -0.4 is 25.5 Å². The summed E-state index contributed by atoms with van der Waals surface area (Å²) in [6.07, 6.45) is 0.216. The van der Waals surface area contributed by atoms with Gasteiger partial charge in [0.25, 0.3) is 5.56 Å². The van der Waals surface area contributed by atoms with Crippen molar-refractivity contribution in [2.75, 3.05) is 27.9 Å². The predicted octanol–water partition coefficient (Wildman–Crippen LogP) is 7.92. The van der Waals surface area contributed by atoms with Gasteiger partial charge in [0.05, 0.1) is 45.7 Å². The first-order chi connectivity index (χ1) is 25.8. The molecule has 1 aromatic heterocycles. The monoisotopic (exact) mass is 750 g/mol. The van der Waals surface area contributed by atoms with Gasteiger partial charge in [0.1, 0.15) is 22.8 Å². The van der Waals surface area contributed by atoms with E-state index < -0.39 is 43.6 Å². The summed E-state index contributed by atoms with van der Waals surface area (Å²) < 4.78 is 38.8. The van der Waals surface area contributed by atoms with Gasteiger partial charge >= 0.3 is 5.69 Å². The molecule has 0 amide bonds. The van der Waals surface area contributed by atoms with Crippen LogP contribution in [0.2, 0.25) is 18.1 Å². The van der Waals surface area contributed by atoms with Gasteiger partial charge in [-0.1, -0.05) is 87.5 Å². The molecule has 4 aromatic carbocycles. The summed E-state index contributed by atoms with van der Waals surface area (Å²) in [6, 6.07) is 32.9. The molecule has 0 unspecified atom stereocenters. The Labute approximate surface area is 317 Å². The van der Waals surface area contributed by atoms with Crippen molar-refractivity contribution in [3.8, 4) is 28.4 Å². The number of nitrogens with zero attached hydrogens (tertiary/aromatic N) is 1. The Morgan fingerprint density at radius 1 is 0.741 bits per heavy atom. The molecular weight excluding hydrogens is 701 g/mol. The lowest BCUT2D eigenvalue weighted by Gasteiger charge is -2.39. The van der Waals surface area contributed by atoms with Crippen LogP contribution in [0.15, 0.2) is 119 Å². The van der Waals surface area contributed by atoms with E-state index in [0.29, 0.717) is 23.3 Å². The number of nitrogens with one attached hydrogen (secondary N) is 1. The summed E-state index contributed by atoms with van der Waals surface area (Å²) in [6.45, 7) is 11.0. The van der Waals surface area contributed by atoms with E-state index in [1.165, 1.54) is 4.57 Å². The molecule has 5 aromatic rings. The number of benzene rings is 4. The number of hydrogen-bond donors (Lipinski definition) is 1. The highest BCUT2D eigenvalue weighted by Gasteiger charge is 2.47. The topological polar surface area (TPSA) is 110 Å². The fourth-order valence-corrected chi connectivity index (χ4v) is 8.00. The molecule has 3 atom stereocenters. The Bertz CT molecular complexity index is 2080. The number of rotatable bonds is 13. The number of H-pyrrole nitrogens is 1. The lowest BCUT2D eigenvalue weighted by molar-refractivity contribution is -0.0864. The summed E-state index contributed by atoms with van der Waals surface area (Å²) in [4.78, 5) is 29.3. The van der Waals surface area contributed by atoms with Crippen molar-refractivity contribution in [1.29, 1.82) is 0 Å². The first kappa shape index (κ1) is 38.8. The maximum absolute atomic E-state index is 13.6. The summed E-state index contributed by atoms with van der Waals surface area (Å²) >= 11 is 0. The number of hydrogen-bond acceptors (Lipinski definition) is 8. The Morgan fingerprint density at radius 2 is 1.24 bits per heavy atom. The van der Waals surface area contributed by atoms with Gasteiger partial charge in [-0.15, -0.1) is 0 Å². The summed E-state index contributed by atoms with van der Waals surface area (Å²) in [5, 5.41) is -0.110. The van der Waals surface area contributed by atoms with Crippen molar-refractivity contribution in [3.05, 3.63) is 147 Å². The van der Waals surface area contributed by atoms with Gasteiger partial charge in [-0.3, -0.25) is 14.3 Å². The molecule has 2 heterocycles. The van der Waals surface area contributed by atoms with E-state index in [-0.39, 0.29) is 11.6 Å². The molecule has 0 saturated carbocycles. The Kier molecular flexibility index (Phi) is 11.3. The van der Waals surface area contributed by atoms with Gasteiger partial charge in [0.15, 0.2) is 14.5 Å². The highest BCUT2D eigenvalue weighted by atomic mass is 28.4. The number of methoxy groups -OCH3 is 3. The fraction of sp³-hybridized carbons (Fsp3) is 0.349. The molecular formula is C43H50N2O8Si. The van der Waals surface area contributed by atoms with Crippen molar-refractivity contribution < 1.29 is 28.1 Å². The van der Waals surface area contributed by atoms with Crippen molar-refractivity contribution in [2.45, 2.75) is 69.4 Å². The zero-order chi connectivity index (χ0) is 38.7. The molecule has 1 fully saturated rings. The number of aromatic nitrogens is 2. The van der Waals surface area contributed by atoms with Crippen LogP contribution >= 0.6 is 0 Å². The minimum atomic E-state index is -2.37. The molecule has 54 heavy (non-hydrogen) atoms. The maximum atomic E-state index is 13.6. The third-order valence-corrected chi connectivity index (χ3v) is 15.2. The van der Waals surface area contributed by atoms with Crippen molar-refractivity contribution in [2.24, 2.45) is 0 Å². The molecule has 1 aliphatic heterocycles. The Balaban J connectivity index is 1.42. The van der Waals surface area contributed by atoms with Crippen LogP contribution in [0.1, 0.15) is 50.1 Å². The SMILES string of the molecule is COc1ccc(-c2cn([C@@H]3O[C@@H](COC(c4ccccc4)(c4ccc(OC)cc4)c4ccc(OC)cc4)C[C@H]3O[Si](C)(C)C(C)(C)C)c(=O)[nH]c2=O)cc1. The fourth-order valence-electron chi connectivity index (χ4n) is 6.67. The predicted molar refractivity (Wildman–Crippen MR) is 212 cm³/mol. The molecule has 0 radical (unpaired) electrons. The van der Waals surface area contributed by atoms with Crippen LogP contribution in [0.4, 0.5) is 0 Å². The Hall–Kier alpha value is -4.94. The molecule has 0 bridgehead atoms. The Morgan fingerprint density at radius 3 is 1.74 bits per heavy atom. The molecule has 0 spiro atoms. The van der Waals surface area contributed by atoms with Crippen LogP contribution in [0.5, 0.6) is 17.2 Å². The number of ether oxygens (including phenoxy) is 5. The lowest BCUT2D eigenvalue weighted by Crippen LogP contribution is -2.46. The van der Waals surface area contributed by atoms with Crippen LogP contribution in [0.3, 0.4) is 0 Å². The third kappa shape index (κ3) is 7.81. The molecule has 6 rings (SSSR count).